The van der Waals surface area contributed by atoms with Crippen molar-refractivity contribution in [1.29, 1.82) is 0 Å². The lowest BCUT2D eigenvalue weighted by Gasteiger charge is -2.21. The van der Waals surface area contributed by atoms with Gasteiger partial charge in [0, 0.05) is 12.7 Å². The molecule has 2 unspecified atom stereocenters. The summed E-state index contributed by atoms with van der Waals surface area (Å²) >= 11 is 4.04. The highest BCUT2D eigenvalue weighted by Crippen LogP contribution is 2.03. The molecule has 3 N–H and O–H groups in total. The third kappa shape index (κ3) is 5.63. The number of hydrogen-bond donors (Lipinski definition) is 4. The number of thiol groups is 1. The number of benzene rings is 1. The normalized spacial score (nSPS) is 13.3. The van der Waals surface area contributed by atoms with Crippen LogP contribution in [0.1, 0.15) is 12.5 Å². The van der Waals surface area contributed by atoms with Crippen LogP contribution in [0.2, 0.25) is 0 Å². The summed E-state index contributed by atoms with van der Waals surface area (Å²) < 4.78 is 0. The standard InChI is InChI=1S/C14H20N2O3S/c1-10(18)15-13(9-20)14(19)16-12(8-17)7-11-5-3-2-4-6-11/h2-6,12-13,17,20H,7-9H2,1H3,(H,15,18)(H,16,19). The monoisotopic (exact) mass is 296 g/mol. The number of amides is 2. The molecule has 1 aromatic carbocycles. The van der Waals surface area contributed by atoms with E-state index in [0.29, 0.717) is 6.42 Å². The topological polar surface area (TPSA) is 78.4 Å². The second-order valence-corrected chi connectivity index (χ2v) is 4.88. The maximum atomic E-state index is 12.0. The Hall–Kier alpha value is -1.53. The van der Waals surface area contributed by atoms with Gasteiger partial charge in [-0.3, -0.25) is 9.59 Å². The van der Waals surface area contributed by atoms with E-state index in [9.17, 15) is 14.7 Å². The molecule has 2 atom stereocenters. The molecule has 0 saturated carbocycles. The zero-order chi connectivity index (χ0) is 15.0. The Morgan fingerprint density at radius 3 is 2.40 bits per heavy atom. The van der Waals surface area contributed by atoms with Gasteiger partial charge in [0.1, 0.15) is 6.04 Å². The van der Waals surface area contributed by atoms with Crippen molar-refractivity contribution in [3.63, 3.8) is 0 Å². The fourth-order valence-electron chi connectivity index (χ4n) is 1.80. The van der Waals surface area contributed by atoms with E-state index in [1.54, 1.807) is 0 Å². The van der Waals surface area contributed by atoms with Gasteiger partial charge in [-0.1, -0.05) is 30.3 Å². The summed E-state index contributed by atoms with van der Waals surface area (Å²) in [6.07, 6.45) is 0.530. The van der Waals surface area contributed by atoms with Crippen molar-refractivity contribution in [1.82, 2.24) is 10.6 Å². The number of hydrogen-bond acceptors (Lipinski definition) is 4. The summed E-state index contributed by atoms with van der Waals surface area (Å²) in [5.74, 6) is -0.428. The van der Waals surface area contributed by atoms with Crippen LogP contribution in [0.4, 0.5) is 0 Å². The largest absolute Gasteiger partial charge is 0.394 e. The Morgan fingerprint density at radius 2 is 1.90 bits per heavy atom. The van der Waals surface area contributed by atoms with Crippen LogP contribution in [0.3, 0.4) is 0 Å². The van der Waals surface area contributed by atoms with Crippen molar-refractivity contribution >= 4 is 24.4 Å². The van der Waals surface area contributed by atoms with Gasteiger partial charge in [-0.2, -0.15) is 12.6 Å². The van der Waals surface area contributed by atoms with Crippen LogP contribution in [-0.4, -0.2) is 41.4 Å². The second-order valence-electron chi connectivity index (χ2n) is 4.51. The zero-order valence-electron chi connectivity index (χ0n) is 11.4. The van der Waals surface area contributed by atoms with Gasteiger partial charge in [0.05, 0.1) is 12.6 Å². The zero-order valence-corrected chi connectivity index (χ0v) is 12.3. The van der Waals surface area contributed by atoms with E-state index >= 15 is 0 Å². The van der Waals surface area contributed by atoms with Gasteiger partial charge >= 0.3 is 0 Å². The molecular formula is C14H20N2O3S. The molecule has 0 aliphatic rings. The summed E-state index contributed by atoms with van der Waals surface area (Å²) in [6.45, 7) is 1.18. The first kappa shape index (κ1) is 16.5. The minimum atomic E-state index is -0.694. The lowest BCUT2D eigenvalue weighted by molar-refractivity contribution is -0.128. The third-order valence-corrected chi connectivity index (χ3v) is 3.13. The molecule has 0 aliphatic heterocycles. The van der Waals surface area contributed by atoms with E-state index in [0.717, 1.165) is 5.56 Å². The van der Waals surface area contributed by atoms with E-state index in [-0.39, 0.29) is 30.2 Å². The Morgan fingerprint density at radius 1 is 1.25 bits per heavy atom. The minimum absolute atomic E-state index is 0.167. The molecule has 0 aliphatic carbocycles. The Balaban J connectivity index is 2.58. The van der Waals surface area contributed by atoms with Crippen molar-refractivity contribution in [2.45, 2.75) is 25.4 Å². The summed E-state index contributed by atoms with van der Waals surface area (Å²) in [5, 5.41) is 14.6. The SMILES string of the molecule is CC(=O)NC(CS)C(=O)NC(CO)Cc1ccccc1. The Labute approximate surface area is 124 Å². The number of carbonyl (C=O) groups is 2. The van der Waals surface area contributed by atoms with E-state index in [2.05, 4.69) is 23.3 Å². The summed E-state index contributed by atoms with van der Waals surface area (Å²) in [5.41, 5.74) is 1.02. The molecule has 0 spiro atoms. The van der Waals surface area contributed by atoms with Gasteiger partial charge in [0.25, 0.3) is 0 Å². The Kier molecular flexibility index (Phi) is 7.11. The molecule has 6 heteroatoms. The lowest BCUT2D eigenvalue weighted by atomic mass is 10.1. The molecule has 0 aromatic heterocycles. The average Bonchev–Trinajstić information content (AvgIpc) is 2.44. The van der Waals surface area contributed by atoms with Crippen molar-refractivity contribution < 1.29 is 14.7 Å². The third-order valence-electron chi connectivity index (χ3n) is 2.77. The van der Waals surface area contributed by atoms with Crippen molar-refractivity contribution in [3.05, 3.63) is 35.9 Å². The van der Waals surface area contributed by atoms with Crippen LogP contribution < -0.4 is 10.6 Å². The van der Waals surface area contributed by atoms with E-state index in [4.69, 9.17) is 0 Å². The van der Waals surface area contributed by atoms with Crippen LogP contribution >= 0.6 is 12.6 Å². The highest BCUT2D eigenvalue weighted by atomic mass is 32.1. The molecule has 0 saturated heterocycles. The molecule has 0 bridgehead atoms. The fraction of sp³-hybridized carbons (Fsp3) is 0.429. The number of nitrogens with one attached hydrogen (secondary N) is 2. The molecule has 0 radical (unpaired) electrons. The first-order chi connectivity index (χ1) is 9.56. The van der Waals surface area contributed by atoms with E-state index in [1.807, 2.05) is 30.3 Å². The maximum absolute atomic E-state index is 12.0. The van der Waals surface area contributed by atoms with Crippen molar-refractivity contribution in [3.8, 4) is 0 Å². The fourth-order valence-corrected chi connectivity index (χ4v) is 2.06. The van der Waals surface area contributed by atoms with E-state index in [1.165, 1.54) is 6.92 Å². The second kappa shape index (κ2) is 8.60. The average molecular weight is 296 g/mol. The molecule has 1 aromatic rings. The minimum Gasteiger partial charge on any atom is -0.394 e. The highest BCUT2D eigenvalue weighted by Gasteiger charge is 2.20. The van der Waals surface area contributed by atoms with Gasteiger partial charge in [-0.05, 0) is 12.0 Å². The van der Waals surface area contributed by atoms with Gasteiger partial charge in [0.2, 0.25) is 11.8 Å². The van der Waals surface area contributed by atoms with Gasteiger partial charge < -0.3 is 15.7 Å². The first-order valence-corrected chi connectivity index (χ1v) is 7.03. The molecule has 2 amide bonds. The van der Waals surface area contributed by atoms with Crippen molar-refractivity contribution in [2.24, 2.45) is 0 Å². The lowest BCUT2D eigenvalue weighted by Crippen LogP contribution is -2.51. The van der Waals surface area contributed by atoms with Gasteiger partial charge in [-0.15, -0.1) is 0 Å². The molecule has 20 heavy (non-hydrogen) atoms. The quantitative estimate of drug-likeness (QED) is 0.541. The van der Waals surface area contributed by atoms with Gasteiger partial charge in [0.15, 0.2) is 0 Å². The van der Waals surface area contributed by atoms with E-state index < -0.39 is 6.04 Å². The molecule has 110 valence electrons. The predicted molar refractivity (Wildman–Crippen MR) is 80.6 cm³/mol. The van der Waals surface area contributed by atoms with Crippen LogP contribution in [-0.2, 0) is 16.0 Å². The summed E-state index contributed by atoms with van der Waals surface area (Å²) in [4.78, 5) is 23.0. The number of rotatable bonds is 7. The van der Waals surface area contributed by atoms with Crippen LogP contribution in [0.5, 0.6) is 0 Å². The smallest absolute Gasteiger partial charge is 0.243 e. The highest BCUT2D eigenvalue weighted by molar-refractivity contribution is 7.80. The molecule has 0 fully saturated rings. The molecule has 0 heterocycles. The van der Waals surface area contributed by atoms with Crippen LogP contribution in [0.15, 0.2) is 30.3 Å². The van der Waals surface area contributed by atoms with Crippen LogP contribution in [0.25, 0.3) is 0 Å². The van der Waals surface area contributed by atoms with Gasteiger partial charge in [-0.25, -0.2) is 0 Å². The molecular weight excluding hydrogens is 276 g/mol. The van der Waals surface area contributed by atoms with Crippen LogP contribution in [0, 0.1) is 0 Å². The summed E-state index contributed by atoms with van der Waals surface area (Å²) in [7, 11) is 0. The predicted octanol–water partition coefficient (Wildman–Crippen LogP) is 0.141. The molecule has 1 rings (SSSR count). The Bertz CT molecular complexity index is 439. The summed E-state index contributed by atoms with van der Waals surface area (Å²) in [6, 6.07) is 8.49. The first-order valence-electron chi connectivity index (χ1n) is 6.40. The van der Waals surface area contributed by atoms with Crippen molar-refractivity contribution in [2.75, 3.05) is 12.4 Å². The maximum Gasteiger partial charge on any atom is 0.243 e. The molecule has 5 nitrogen and oxygen atoms in total. The number of carbonyl (C=O) groups excluding carboxylic acids is 2. The number of aliphatic hydroxyl groups excluding tert-OH is 1. The number of aliphatic hydroxyl groups is 1.